The number of rotatable bonds is 23. The van der Waals surface area contributed by atoms with Gasteiger partial charge in [0.05, 0.1) is 20.4 Å². The molecule has 0 fully saturated rings. The van der Waals surface area contributed by atoms with Crippen LogP contribution in [0.2, 0.25) is 0 Å². The molecule has 0 atom stereocenters. The number of hydrogen-bond acceptors (Lipinski definition) is 5. The maximum absolute atomic E-state index is 5.70. The van der Waals surface area contributed by atoms with Crippen molar-refractivity contribution in [3.8, 4) is 0 Å². The van der Waals surface area contributed by atoms with Crippen molar-refractivity contribution in [3.05, 3.63) is 9.02 Å². The SMILES string of the molecule is CCCCCCCCN(CCCCCCCC)CCCN(C)c1c(N(C)CCCC(C)(C)C)c(=S)c1=S. The zero-order valence-corrected chi connectivity index (χ0v) is 27.4. The van der Waals surface area contributed by atoms with Crippen LogP contribution in [0.3, 0.4) is 0 Å². The summed E-state index contributed by atoms with van der Waals surface area (Å²) in [6.07, 6.45) is 20.1. The predicted octanol–water partition coefficient (Wildman–Crippen LogP) is 10.1. The van der Waals surface area contributed by atoms with Crippen molar-refractivity contribution in [2.75, 3.05) is 56.6 Å². The van der Waals surface area contributed by atoms with Crippen LogP contribution in [0.1, 0.15) is 131 Å². The first-order valence-electron chi connectivity index (χ1n) is 15.6. The van der Waals surface area contributed by atoms with Gasteiger partial charge < -0.3 is 14.7 Å². The van der Waals surface area contributed by atoms with Crippen LogP contribution in [0.25, 0.3) is 0 Å². The normalized spacial score (nSPS) is 12.1. The molecule has 1 aromatic rings. The van der Waals surface area contributed by atoms with Crippen LogP contribution in [-0.2, 0) is 0 Å². The van der Waals surface area contributed by atoms with Crippen molar-refractivity contribution in [3.63, 3.8) is 0 Å². The molecule has 37 heavy (non-hydrogen) atoms. The summed E-state index contributed by atoms with van der Waals surface area (Å²) in [5.41, 5.74) is 2.78. The third-order valence-corrected chi connectivity index (χ3v) is 8.59. The molecule has 5 heteroatoms. The molecular weight excluding hydrogens is 491 g/mol. The fourth-order valence-electron chi connectivity index (χ4n) is 5.24. The Balaban J connectivity index is 2.56. The molecule has 1 aromatic carbocycles. The maximum atomic E-state index is 5.70. The van der Waals surface area contributed by atoms with Crippen LogP contribution < -0.4 is 9.80 Å². The van der Waals surface area contributed by atoms with Gasteiger partial charge >= 0.3 is 0 Å². The van der Waals surface area contributed by atoms with E-state index in [1.54, 1.807) is 0 Å². The summed E-state index contributed by atoms with van der Waals surface area (Å²) >= 11 is 11.4. The fraction of sp³-hybridized carbons (Fsp3) is 0.875. The number of anilines is 2. The lowest BCUT2D eigenvalue weighted by Crippen LogP contribution is -2.32. The summed E-state index contributed by atoms with van der Waals surface area (Å²) in [7, 11) is 4.39. The summed E-state index contributed by atoms with van der Waals surface area (Å²) in [6, 6.07) is 0. The van der Waals surface area contributed by atoms with E-state index in [9.17, 15) is 0 Å². The quantitative estimate of drug-likeness (QED) is 0.0985. The van der Waals surface area contributed by atoms with E-state index in [2.05, 4.69) is 63.4 Å². The Hall–Kier alpha value is -0.520. The molecule has 0 aliphatic carbocycles. The van der Waals surface area contributed by atoms with Gasteiger partial charge in [0.25, 0.3) is 0 Å². The van der Waals surface area contributed by atoms with E-state index in [0.29, 0.717) is 5.41 Å². The number of hydrogen-bond donors (Lipinski definition) is 0. The van der Waals surface area contributed by atoms with E-state index in [4.69, 9.17) is 24.4 Å². The van der Waals surface area contributed by atoms with Crippen LogP contribution >= 0.6 is 24.4 Å². The molecule has 0 aliphatic rings. The molecule has 0 unspecified atom stereocenters. The van der Waals surface area contributed by atoms with Crippen LogP contribution in [0.5, 0.6) is 0 Å². The van der Waals surface area contributed by atoms with E-state index in [1.165, 1.54) is 127 Å². The van der Waals surface area contributed by atoms with Gasteiger partial charge in [-0.15, -0.1) is 0 Å². The molecule has 1 rings (SSSR count). The van der Waals surface area contributed by atoms with Crippen molar-refractivity contribution in [2.24, 2.45) is 5.41 Å². The van der Waals surface area contributed by atoms with Crippen molar-refractivity contribution >= 4 is 35.8 Å². The lowest BCUT2D eigenvalue weighted by atomic mass is 9.90. The molecule has 0 radical (unpaired) electrons. The standard InChI is InChI=1S/C32H61N3S2/c1-8-10-12-14-16-18-25-35(26-19-17-15-13-11-9-2)27-21-24-34(7)29-28(30(36)31(29)37)33(6)23-20-22-32(3,4)5/h8-27H2,1-7H3. The van der Waals surface area contributed by atoms with E-state index in [1.807, 2.05) is 0 Å². The largest absolute Gasteiger partial charge is 0.372 e. The second kappa shape index (κ2) is 19.5. The Morgan fingerprint density at radius 1 is 0.514 bits per heavy atom. The van der Waals surface area contributed by atoms with Gasteiger partial charge in [-0.05, 0) is 57.2 Å². The van der Waals surface area contributed by atoms with Crippen LogP contribution in [0.15, 0.2) is 0 Å². The molecule has 216 valence electrons. The highest BCUT2D eigenvalue weighted by molar-refractivity contribution is 7.74. The first-order chi connectivity index (χ1) is 17.6. The molecule has 0 spiro atoms. The van der Waals surface area contributed by atoms with E-state index in [-0.39, 0.29) is 0 Å². The highest BCUT2D eigenvalue weighted by atomic mass is 32.1. The molecule has 0 saturated heterocycles. The summed E-state index contributed by atoms with van der Waals surface area (Å²) < 4.78 is 1.79. The zero-order chi connectivity index (χ0) is 27.7. The van der Waals surface area contributed by atoms with Gasteiger partial charge in [-0.25, -0.2) is 0 Å². The van der Waals surface area contributed by atoms with E-state index >= 15 is 0 Å². The predicted molar refractivity (Wildman–Crippen MR) is 174 cm³/mol. The smallest absolute Gasteiger partial charge is 0.0834 e. The van der Waals surface area contributed by atoms with Gasteiger partial charge in [-0.2, -0.15) is 0 Å². The highest BCUT2D eigenvalue weighted by Gasteiger charge is 2.22. The van der Waals surface area contributed by atoms with Crippen molar-refractivity contribution in [2.45, 2.75) is 131 Å². The lowest BCUT2D eigenvalue weighted by Gasteiger charge is -2.32. The average Bonchev–Trinajstić information content (AvgIpc) is 2.84. The van der Waals surface area contributed by atoms with Crippen molar-refractivity contribution in [1.29, 1.82) is 0 Å². The monoisotopic (exact) mass is 551 g/mol. The lowest BCUT2D eigenvalue weighted by molar-refractivity contribution is 0.258. The third-order valence-electron chi connectivity index (χ3n) is 7.67. The second-order valence-electron chi connectivity index (χ2n) is 12.6. The van der Waals surface area contributed by atoms with Crippen LogP contribution in [0, 0.1) is 14.4 Å². The van der Waals surface area contributed by atoms with Gasteiger partial charge in [0.1, 0.15) is 0 Å². The Labute approximate surface area is 242 Å². The fourth-order valence-corrected chi connectivity index (χ4v) is 5.94. The number of unbranched alkanes of at least 4 members (excludes halogenated alkanes) is 10. The van der Waals surface area contributed by atoms with Crippen LogP contribution in [-0.4, -0.2) is 51.7 Å². The van der Waals surface area contributed by atoms with Gasteiger partial charge in [0, 0.05) is 27.2 Å². The molecule has 0 heterocycles. The van der Waals surface area contributed by atoms with Crippen LogP contribution in [0.4, 0.5) is 11.4 Å². The van der Waals surface area contributed by atoms with Gasteiger partial charge in [0.15, 0.2) is 0 Å². The van der Waals surface area contributed by atoms with Gasteiger partial charge in [-0.3, -0.25) is 0 Å². The minimum Gasteiger partial charge on any atom is -0.372 e. The molecule has 3 nitrogen and oxygen atoms in total. The summed E-state index contributed by atoms with van der Waals surface area (Å²) in [6.45, 7) is 17.3. The molecule has 0 bridgehead atoms. The minimum atomic E-state index is 0.376. The third kappa shape index (κ3) is 14.4. The molecular formula is C32H61N3S2. The summed E-state index contributed by atoms with van der Waals surface area (Å²) in [4.78, 5) is 7.46. The van der Waals surface area contributed by atoms with Crippen molar-refractivity contribution < 1.29 is 0 Å². The molecule has 0 aliphatic heterocycles. The Morgan fingerprint density at radius 2 is 0.892 bits per heavy atom. The minimum absolute atomic E-state index is 0.376. The molecule has 0 amide bonds. The summed E-state index contributed by atoms with van der Waals surface area (Å²) in [5.74, 6) is 0. The first-order valence-corrected chi connectivity index (χ1v) is 16.4. The van der Waals surface area contributed by atoms with Gasteiger partial charge in [0.2, 0.25) is 0 Å². The summed E-state index contributed by atoms with van der Waals surface area (Å²) in [5, 5.41) is 0. The first kappa shape index (κ1) is 34.5. The average molecular weight is 552 g/mol. The number of nitrogens with zero attached hydrogens (tertiary/aromatic N) is 3. The molecule has 0 N–H and O–H groups in total. The second-order valence-corrected chi connectivity index (χ2v) is 13.4. The molecule has 0 saturated carbocycles. The van der Waals surface area contributed by atoms with Gasteiger partial charge in [-0.1, -0.05) is 123 Å². The van der Waals surface area contributed by atoms with Crippen molar-refractivity contribution in [1.82, 2.24) is 4.90 Å². The molecule has 0 aromatic heterocycles. The highest BCUT2D eigenvalue weighted by Crippen LogP contribution is 2.38. The topological polar surface area (TPSA) is 9.72 Å². The zero-order valence-electron chi connectivity index (χ0n) is 25.8. The Bertz CT molecular complexity index is 760. The Morgan fingerprint density at radius 3 is 1.32 bits per heavy atom. The van der Waals surface area contributed by atoms with E-state index in [0.717, 1.165) is 22.1 Å². The van der Waals surface area contributed by atoms with E-state index < -0.39 is 0 Å². The maximum Gasteiger partial charge on any atom is 0.0834 e. The Kier molecular flexibility index (Phi) is 18.2.